The first-order chi connectivity index (χ1) is 9.87. The molecule has 0 saturated heterocycles. The van der Waals surface area contributed by atoms with E-state index in [0.29, 0.717) is 0 Å². The van der Waals surface area contributed by atoms with E-state index in [1.807, 2.05) is 6.20 Å². The third-order valence-corrected chi connectivity index (χ3v) is 5.30. The van der Waals surface area contributed by atoms with Crippen LogP contribution in [0.25, 0.3) is 0 Å². The molecule has 3 heteroatoms. The molecule has 108 valence electrons. The topological polar surface area (TPSA) is 34.2 Å². The fourth-order valence-electron chi connectivity index (χ4n) is 3.92. The Morgan fingerprint density at radius 3 is 2.75 bits per heavy atom. The van der Waals surface area contributed by atoms with Crippen molar-refractivity contribution in [2.75, 3.05) is 6.61 Å². The van der Waals surface area contributed by atoms with Crippen molar-refractivity contribution in [1.29, 1.82) is 0 Å². The highest BCUT2D eigenvalue weighted by molar-refractivity contribution is 5.20. The van der Waals surface area contributed by atoms with Gasteiger partial charge in [0, 0.05) is 12.6 Å². The summed E-state index contributed by atoms with van der Waals surface area (Å²) >= 11 is 0. The molecule has 3 aliphatic rings. The maximum Gasteiger partial charge on any atom is 0.137 e. The smallest absolute Gasteiger partial charge is 0.137 e. The van der Waals surface area contributed by atoms with Crippen molar-refractivity contribution in [3.8, 4) is 5.75 Å². The van der Waals surface area contributed by atoms with Gasteiger partial charge in [0.25, 0.3) is 0 Å². The molecule has 20 heavy (non-hydrogen) atoms. The number of fused-ring (bicyclic) bond motifs is 2. The molecule has 0 amide bonds. The van der Waals surface area contributed by atoms with Crippen LogP contribution < -0.4 is 10.1 Å². The van der Waals surface area contributed by atoms with Gasteiger partial charge in [-0.15, -0.1) is 0 Å². The molecule has 0 aromatic carbocycles. The molecule has 1 aromatic rings. The number of pyridine rings is 1. The number of ether oxygens (including phenoxy) is 1. The average molecular weight is 272 g/mol. The van der Waals surface area contributed by atoms with Crippen LogP contribution in [0.3, 0.4) is 0 Å². The van der Waals surface area contributed by atoms with E-state index in [1.54, 1.807) is 0 Å². The molecule has 0 radical (unpaired) electrons. The fourth-order valence-corrected chi connectivity index (χ4v) is 3.92. The number of nitrogens with one attached hydrogen (secondary N) is 1. The second-order valence-electron chi connectivity index (χ2n) is 6.89. The summed E-state index contributed by atoms with van der Waals surface area (Å²) < 4.78 is 5.95. The molecular weight excluding hydrogens is 248 g/mol. The van der Waals surface area contributed by atoms with Gasteiger partial charge in [-0.2, -0.15) is 0 Å². The third-order valence-electron chi connectivity index (χ3n) is 5.30. The zero-order valence-corrected chi connectivity index (χ0v) is 12.1. The first-order valence-corrected chi connectivity index (χ1v) is 8.18. The lowest BCUT2D eigenvalue weighted by atomic mass is 9.90. The normalized spacial score (nSPS) is 31.7. The zero-order chi connectivity index (χ0) is 13.4. The van der Waals surface area contributed by atoms with Gasteiger partial charge in [0.05, 0.1) is 18.5 Å². The van der Waals surface area contributed by atoms with Crippen LogP contribution in [-0.2, 0) is 6.54 Å². The molecule has 1 heterocycles. The van der Waals surface area contributed by atoms with Crippen molar-refractivity contribution >= 4 is 0 Å². The van der Waals surface area contributed by atoms with Gasteiger partial charge in [-0.25, -0.2) is 0 Å². The molecule has 3 aliphatic carbocycles. The Morgan fingerprint density at radius 2 is 2.10 bits per heavy atom. The summed E-state index contributed by atoms with van der Waals surface area (Å²) in [4.78, 5) is 4.48. The van der Waals surface area contributed by atoms with Crippen molar-refractivity contribution in [1.82, 2.24) is 10.3 Å². The lowest BCUT2D eigenvalue weighted by Crippen LogP contribution is -2.19. The number of rotatable bonds is 6. The van der Waals surface area contributed by atoms with Crippen molar-refractivity contribution in [3.63, 3.8) is 0 Å². The molecule has 3 fully saturated rings. The quantitative estimate of drug-likeness (QED) is 0.864. The van der Waals surface area contributed by atoms with Crippen LogP contribution in [0.4, 0.5) is 0 Å². The first kappa shape index (κ1) is 12.6. The molecule has 3 atom stereocenters. The molecule has 1 aromatic heterocycles. The van der Waals surface area contributed by atoms with E-state index in [2.05, 4.69) is 22.4 Å². The predicted octanol–water partition coefficient (Wildman–Crippen LogP) is 3.15. The number of hydrogen-bond acceptors (Lipinski definition) is 3. The molecule has 3 saturated carbocycles. The summed E-state index contributed by atoms with van der Waals surface area (Å²) in [6.45, 7) is 1.78. The van der Waals surface area contributed by atoms with E-state index in [0.717, 1.165) is 48.4 Å². The fraction of sp³-hybridized carbons (Fsp3) is 0.706. The van der Waals surface area contributed by atoms with E-state index in [-0.39, 0.29) is 0 Å². The second kappa shape index (κ2) is 5.36. The van der Waals surface area contributed by atoms with Crippen LogP contribution in [0.15, 0.2) is 18.3 Å². The van der Waals surface area contributed by atoms with Crippen molar-refractivity contribution in [3.05, 3.63) is 24.0 Å². The lowest BCUT2D eigenvalue weighted by molar-refractivity contribution is 0.194. The molecule has 2 bridgehead atoms. The highest BCUT2D eigenvalue weighted by atomic mass is 16.5. The third kappa shape index (κ3) is 2.83. The van der Waals surface area contributed by atoms with Crippen molar-refractivity contribution in [2.45, 2.75) is 51.1 Å². The SMILES string of the molecule is c1cc(CNC2CC2)ncc1OCC1CC2CCC1C2. The van der Waals surface area contributed by atoms with Crippen molar-refractivity contribution in [2.24, 2.45) is 17.8 Å². The van der Waals surface area contributed by atoms with Crippen LogP contribution in [0, 0.1) is 17.8 Å². The molecule has 1 N–H and O–H groups in total. The van der Waals surface area contributed by atoms with E-state index >= 15 is 0 Å². The summed E-state index contributed by atoms with van der Waals surface area (Å²) in [6, 6.07) is 4.90. The van der Waals surface area contributed by atoms with Gasteiger partial charge in [0.1, 0.15) is 5.75 Å². The van der Waals surface area contributed by atoms with Gasteiger partial charge in [-0.3, -0.25) is 4.98 Å². The van der Waals surface area contributed by atoms with Crippen LogP contribution >= 0.6 is 0 Å². The van der Waals surface area contributed by atoms with Gasteiger partial charge in [-0.05, 0) is 62.0 Å². The summed E-state index contributed by atoms with van der Waals surface area (Å²) in [7, 11) is 0. The number of hydrogen-bond donors (Lipinski definition) is 1. The molecule has 0 aliphatic heterocycles. The Morgan fingerprint density at radius 1 is 1.15 bits per heavy atom. The minimum Gasteiger partial charge on any atom is -0.492 e. The summed E-state index contributed by atoms with van der Waals surface area (Å²) in [6.07, 6.45) is 10.3. The minimum atomic E-state index is 0.741. The maximum atomic E-state index is 5.95. The number of nitrogens with zero attached hydrogens (tertiary/aromatic N) is 1. The standard InChI is InChI=1S/C17H24N2O/c1-2-13-7-12(1)8-14(13)11-20-17-6-5-16(19-10-17)9-18-15-3-4-15/h5-6,10,12-15,18H,1-4,7-9,11H2. The van der Waals surface area contributed by atoms with Crippen molar-refractivity contribution < 1.29 is 4.74 Å². The highest BCUT2D eigenvalue weighted by Crippen LogP contribution is 2.48. The van der Waals surface area contributed by atoms with Gasteiger partial charge in [0.2, 0.25) is 0 Å². The van der Waals surface area contributed by atoms with E-state index in [9.17, 15) is 0 Å². The Bertz CT molecular complexity index is 455. The average Bonchev–Trinajstić information content (AvgIpc) is 3.08. The Balaban J connectivity index is 1.26. The Kier molecular flexibility index (Phi) is 3.39. The monoisotopic (exact) mass is 272 g/mol. The lowest BCUT2D eigenvalue weighted by Gasteiger charge is -2.21. The highest BCUT2D eigenvalue weighted by Gasteiger charge is 2.39. The zero-order valence-electron chi connectivity index (χ0n) is 12.1. The minimum absolute atomic E-state index is 0.741. The van der Waals surface area contributed by atoms with Crippen LogP contribution in [0.5, 0.6) is 5.75 Å². The second-order valence-corrected chi connectivity index (χ2v) is 6.89. The van der Waals surface area contributed by atoms with E-state index in [4.69, 9.17) is 4.74 Å². The van der Waals surface area contributed by atoms with Crippen LogP contribution in [-0.4, -0.2) is 17.6 Å². The maximum absolute atomic E-state index is 5.95. The summed E-state index contributed by atoms with van der Waals surface area (Å²) in [5.74, 6) is 3.67. The van der Waals surface area contributed by atoms with E-state index in [1.165, 1.54) is 38.5 Å². The summed E-state index contributed by atoms with van der Waals surface area (Å²) in [5, 5.41) is 3.48. The molecular formula is C17H24N2O. The van der Waals surface area contributed by atoms with Gasteiger partial charge in [0.15, 0.2) is 0 Å². The largest absolute Gasteiger partial charge is 0.492 e. The summed E-state index contributed by atoms with van der Waals surface area (Å²) in [5.41, 5.74) is 1.11. The number of aromatic nitrogens is 1. The Hall–Kier alpha value is -1.09. The molecule has 4 rings (SSSR count). The van der Waals surface area contributed by atoms with Gasteiger partial charge < -0.3 is 10.1 Å². The molecule has 0 spiro atoms. The van der Waals surface area contributed by atoms with Gasteiger partial charge >= 0.3 is 0 Å². The molecule has 3 nitrogen and oxygen atoms in total. The van der Waals surface area contributed by atoms with Gasteiger partial charge in [-0.1, -0.05) is 6.42 Å². The van der Waals surface area contributed by atoms with Crippen LogP contribution in [0.2, 0.25) is 0 Å². The van der Waals surface area contributed by atoms with Crippen LogP contribution in [0.1, 0.15) is 44.2 Å². The predicted molar refractivity (Wildman–Crippen MR) is 78.5 cm³/mol. The van der Waals surface area contributed by atoms with E-state index < -0.39 is 0 Å². The first-order valence-electron chi connectivity index (χ1n) is 8.18. The molecule has 3 unspecified atom stereocenters. The Labute approximate surface area is 121 Å².